The van der Waals surface area contributed by atoms with E-state index in [1.165, 1.54) is 0 Å². The first-order valence-electron chi connectivity index (χ1n) is 6.44. The van der Waals surface area contributed by atoms with E-state index in [9.17, 15) is 4.79 Å². The van der Waals surface area contributed by atoms with E-state index in [1.54, 1.807) is 7.05 Å². The molecule has 0 saturated heterocycles. The Bertz CT molecular complexity index is 728. The number of H-pyrrole nitrogens is 1. The number of carbonyl (C=O) groups is 1. The summed E-state index contributed by atoms with van der Waals surface area (Å²) in [7, 11) is 1.60. The van der Waals surface area contributed by atoms with Gasteiger partial charge in [0.1, 0.15) is 0 Å². The van der Waals surface area contributed by atoms with Gasteiger partial charge in [-0.15, -0.1) is 0 Å². The molecule has 4 nitrogen and oxygen atoms in total. The second-order valence-corrected chi connectivity index (χ2v) is 4.52. The maximum atomic E-state index is 11.5. The molecule has 0 atom stereocenters. The zero-order valence-electron chi connectivity index (χ0n) is 11.1. The Hall–Kier alpha value is -2.75. The van der Waals surface area contributed by atoms with Crippen molar-refractivity contribution in [3.63, 3.8) is 0 Å². The van der Waals surface area contributed by atoms with E-state index < -0.39 is 0 Å². The molecule has 100 valence electrons. The van der Waals surface area contributed by atoms with E-state index in [4.69, 9.17) is 0 Å². The topological polar surface area (TPSA) is 56.9 Å². The quantitative estimate of drug-likeness (QED) is 0.651. The van der Waals surface area contributed by atoms with Crippen molar-refractivity contribution < 1.29 is 4.79 Å². The Balaban J connectivity index is 2.07. The molecule has 2 amide bonds. The number of hydrogen-bond acceptors (Lipinski definition) is 1. The van der Waals surface area contributed by atoms with Crippen molar-refractivity contribution in [3.05, 3.63) is 54.6 Å². The van der Waals surface area contributed by atoms with E-state index in [-0.39, 0.29) is 6.03 Å². The van der Waals surface area contributed by atoms with Crippen LogP contribution in [0.5, 0.6) is 0 Å². The number of fused-ring (bicyclic) bond motifs is 1. The Labute approximate surface area is 116 Å². The summed E-state index contributed by atoms with van der Waals surface area (Å²) in [6.07, 6.45) is 0. The highest BCUT2D eigenvalue weighted by Crippen LogP contribution is 2.29. The van der Waals surface area contributed by atoms with Gasteiger partial charge in [-0.25, -0.2) is 4.79 Å². The minimum absolute atomic E-state index is 0.228. The Morgan fingerprint density at radius 3 is 2.60 bits per heavy atom. The number of aromatic nitrogens is 1. The lowest BCUT2D eigenvalue weighted by atomic mass is 10.1. The minimum Gasteiger partial charge on any atom is -0.354 e. The van der Waals surface area contributed by atoms with Gasteiger partial charge >= 0.3 is 6.03 Å². The first-order valence-corrected chi connectivity index (χ1v) is 6.44. The number of anilines is 1. The lowest BCUT2D eigenvalue weighted by Crippen LogP contribution is -2.24. The van der Waals surface area contributed by atoms with Gasteiger partial charge in [-0.1, -0.05) is 36.4 Å². The van der Waals surface area contributed by atoms with E-state index >= 15 is 0 Å². The normalized spacial score (nSPS) is 10.4. The molecule has 3 rings (SSSR count). The Morgan fingerprint density at radius 1 is 1.05 bits per heavy atom. The fourth-order valence-corrected chi connectivity index (χ4v) is 2.23. The number of amides is 2. The van der Waals surface area contributed by atoms with Crippen LogP contribution in [0.3, 0.4) is 0 Å². The van der Waals surface area contributed by atoms with E-state index in [0.717, 1.165) is 27.8 Å². The molecule has 1 aromatic heterocycles. The summed E-state index contributed by atoms with van der Waals surface area (Å²) in [5.41, 5.74) is 3.81. The fraction of sp³-hybridized carbons (Fsp3) is 0.0625. The predicted octanol–water partition coefficient (Wildman–Crippen LogP) is 3.59. The van der Waals surface area contributed by atoms with Gasteiger partial charge in [-0.2, -0.15) is 0 Å². The van der Waals surface area contributed by atoms with Gasteiger partial charge in [-0.3, -0.25) is 0 Å². The number of rotatable bonds is 2. The molecule has 0 unspecified atom stereocenters. The van der Waals surface area contributed by atoms with E-state index in [0.29, 0.717) is 0 Å². The second-order valence-electron chi connectivity index (χ2n) is 4.52. The molecule has 20 heavy (non-hydrogen) atoms. The van der Waals surface area contributed by atoms with Gasteiger partial charge in [0.15, 0.2) is 0 Å². The summed E-state index contributed by atoms with van der Waals surface area (Å²) < 4.78 is 0. The van der Waals surface area contributed by atoms with Crippen LogP contribution in [0.4, 0.5) is 10.5 Å². The van der Waals surface area contributed by atoms with Gasteiger partial charge in [0.05, 0.1) is 5.69 Å². The standard InChI is InChI=1S/C16H15N3O/c1-17-16(20)19-14-9-5-3-7-12(14)15-10-11-6-2-4-8-13(11)18-15/h2-10,18H,1H3,(H2,17,19,20). The highest BCUT2D eigenvalue weighted by Gasteiger charge is 2.09. The van der Waals surface area contributed by atoms with Crippen LogP contribution >= 0.6 is 0 Å². The van der Waals surface area contributed by atoms with Crippen molar-refractivity contribution in [2.45, 2.75) is 0 Å². The molecule has 1 heterocycles. The number of benzene rings is 2. The first-order chi connectivity index (χ1) is 9.78. The van der Waals surface area contributed by atoms with Crippen molar-refractivity contribution in [2.75, 3.05) is 12.4 Å². The van der Waals surface area contributed by atoms with Crippen LogP contribution in [-0.4, -0.2) is 18.1 Å². The number of para-hydroxylation sites is 2. The summed E-state index contributed by atoms with van der Waals surface area (Å²) in [5.74, 6) is 0. The van der Waals surface area contributed by atoms with Crippen molar-refractivity contribution in [1.82, 2.24) is 10.3 Å². The first kappa shape index (κ1) is 12.3. The maximum Gasteiger partial charge on any atom is 0.318 e. The molecule has 3 N–H and O–H groups in total. The average Bonchev–Trinajstić information content (AvgIpc) is 2.91. The van der Waals surface area contributed by atoms with E-state index in [1.807, 2.05) is 42.5 Å². The second kappa shape index (κ2) is 5.09. The van der Waals surface area contributed by atoms with Gasteiger partial charge < -0.3 is 15.6 Å². The molecule has 0 saturated carbocycles. The van der Waals surface area contributed by atoms with Crippen molar-refractivity contribution in [1.29, 1.82) is 0 Å². The van der Waals surface area contributed by atoms with Crippen LogP contribution in [0.1, 0.15) is 0 Å². The summed E-state index contributed by atoms with van der Waals surface area (Å²) in [6, 6.07) is 17.7. The Morgan fingerprint density at radius 2 is 1.80 bits per heavy atom. The summed E-state index contributed by atoms with van der Waals surface area (Å²) in [5, 5.41) is 6.54. The summed E-state index contributed by atoms with van der Waals surface area (Å²) in [4.78, 5) is 14.9. The molecule has 3 aromatic rings. The van der Waals surface area contributed by atoms with Crippen molar-refractivity contribution in [2.24, 2.45) is 0 Å². The lowest BCUT2D eigenvalue weighted by Gasteiger charge is -2.09. The number of carbonyl (C=O) groups excluding carboxylic acids is 1. The molecule has 0 radical (unpaired) electrons. The predicted molar refractivity (Wildman–Crippen MR) is 81.8 cm³/mol. The molecule has 0 spiro atoms. The third-order valence-corrected chi connectivity index (χ3v) is 3.22. The monoisotopic (exact) mass is 265 g/mol. The molecule has 4 heteroatoms. The largest absolute Gasteiger partial charge is 0.354 e. The number of urea groups is 1. The average molecular weight is 265 g/mol. The lowest BCUT2D eigenvalue weighted by molar-refractivity contribution is 0.254. The zero-order valence-corrected chi connectivity index (χ0v) is 11.1. The van der Waals surface area contributed by atoms with Gasteiger partial charge in [0.2, 0.25) is 0 Å². The highest BCUT2D eigenvalue weighted by atomic mass is 16.2. The molecule has 2 aromatic carbocycles. The molecule has 0 bridgehead atoms. The highest BCUT2D eigenvalue weighted by molar-refractivity contribution is 5.95. The molecule has 0 aliphatic heterocycles. The molecular weight excluding hydrogens is 250 g/mol. The van der Waals surface area contributed by atoms with Crippen LogP contribution in [-0.2, 0) is 0 Å². The third kappa shape index (κ3) is 2.23. The van der Waals surface area contributed by atoms with Crippen LogP contribution in [0.15, 0.2) is 54.6 Å². The number of nitrogens with one attached hydrogen (secondary N) is 3. The van der Waals surface area contributed by atoms with Crippen LogP contribution in [0.25, 0.3) is 22.2 Å². The van der Waals surface area contributed by atoms with Crippen LogP contribution in [0, 0.1) is 0 Å². The van der Waals surface area contributed by atoms with Crippen molar-refractivity contribution in [3.8, 4) is 11.3 Å². The van der Waals surface area contributed by atoms with Gasteiger partial charge in [0.25, 0.3) is 0 Å². The SMILES string of the molecule is CNC(=O)Nc1ccccc1-c1cc2ccccc2[nH]1. The van der Waals surface area contributed by atoms with Crippen molar-refractivity contribution >= 4 is 22.6 Å². The molecule has 0 aliphatic rings. The number of hydrogen-bond donors (Lipinski definition) is 3. The van der Waals surface area contributed by atoms with E-state index in [2.05, 4.69) is 27.8 Å². The molecule has 0 aliphatic carbocycles. The zero-order chi connectivity index (χ0) is 13.9. The third-order valence-electron chi connectivity index (χ3n) is 3.22. The molecule has 0 fully saturated rings. The fourth-order valence-electron chi connectivity index (χ4n) is 2.23. The number of aromatic amines is 1. The van der Waals surface area contributed by atoms with Gasteiger partial charge in [0, 0.05) is 29.2 Å². The summed E-state index contributed by atoms with van der Waals surface area (Å²) >= 11 is 0. The van der Waals surface area contributed by atoms with Crippen LogP contribution < -0.4 is 10.6 Å². The Kier molecular flexibility index (Phi) is 3.13. The van der Waals surface area contributed by atoms with Gasteiger partial charge in [-0.05, 0) is 18.2 Å². The maximum absolute atomic E-state index is 11.5. The minimum atomic E-state index is -0.228. The molecular formula is C16H15N3O. The van der Waals surface area contributed by atoms with Crippen LogP contribution in [0.2, 0.25) is 0 Å². The summed E-state index contributed by atoms with van der Waals surface area (Å²) in [6.45, 7) is 0. The smallest absolute Gasteiger partial charge is 0.318 e.